The van der Waals surface area contributed by atoms with Gasteiger partial charge in [-0.3, -0.25) is 9.69 Å². The Hall–Kier alpha value is -1.39. The van der Waals surface area contributed by atoms with Gasteiger partial charge in [0.25, 0.3) is 0 Å². The zero-order chi connectivity index (χ0) is 13.1. The van der Waals surface area contributed by atoms with Crippen molar-refractivity contribution in [3.05, 3.63) is 35.9 Å². The van der Waals surface area contributed by atoms with Crippen LogP contribution in [0.15, 0.2) is 30.3 Å². The molecule has 1 aliphatic rings. The van der Waals surface area contributed by atoms with Crippen LogP contribution >= 0.6 is 0 Å². The van der Waals surface area contributed by atoms with Crippen molar-refractivity contribution in [1.82, 2.24) is 4.90 Å². The van der Waals surface area contributed by atoms with E-state index >= 15 is 0 Å². The highest BCUT2D eigenvalue weighted by molar-refractivity contribution is 5.79. The number of amides is 1. The highest BCUT2D eigenvalue weighted by Crippen LogP contribution is 2.24. The minimum atomic E-state index is -0.500. The van der Waals surface area contributed by atoms with Gasteiger partial charge >= 0.3 is 0 Å². The Morgan fingerprint density at radius 2 is 2.06 bits per heavy atom. The smallest absolute Gasteiger partial charge is 0.247 e. The van der Waals surface area contributed by atoms with Crippen molar-refractivity contribution in [3.8, 4) is 0 Å². The Morgan fingerprint density at radius 1 is 1.39 bits per heavy atom. The van der Waals surface area contributed by atoms with E-state index in [0.29, 0.717) is 6.54 Å². The zero-order valence-corrected chi connectivity index (χ0v) is 10.9. The molecule has 0 aliphatic carbocycles. The highest BCUT2D eigenvalue weighted by Gasteiger charge is 2.31. The molecule has 0 spiro atoms. The summed E-state index contributed by atoms with van der Waals surface area (Å²) in [6.45, 7) is 5.50. The van der Waals surface area contributed by atoms with Crippen LogP contribution in [0.1, 0.15) is 25.5 Å². The molecule has 1 saturated heterocycles. The molecule has 4 nitrogen and oxygen atoms in total. The number of carbonyl (C=O) groups excluding carboxylic acids is 1. The second kappa shape index (κ2) is 5.50. The maximum Gasteiger partial charge on any atom is 0.247 e. The summed E-state index contributed by atoms with van der Waals surface area (Å²) in [5, 5.41) is 0. The first kappa shape index (κ1) is 13.1. The minimum absolute atomic E-state index is 0.0300. The van der Waals surface area contributed by atoms with E-state index in [4.69, 9.17) is 10.5 Å². The lowest BCUT2D eigenvalue weighted by Crippen LogP contribution is -2.52. The summed E-state index contributed by atoms with van der Waals surface area (Å²) >= 11 is 0. The summed E-state index contributed by atoms with van der Waals surface area (Å²) in [4.78, 5) is 13.5. The van der Waals surface area contributed by atoms with E-state index in [-0.39, 0.29) is 18.1 Å². The predicted molar refractivity (Wildman–Crippen MR) is 70.0 cm³/mol. The van der Waals surface area contributed by atoms with Crippen molar-refractivity contribution in [3.63, 3.8) is 0 Å². The molecule has 1 aromatic carbocycles. The normalized spacial score (nSPS) is 26.8. The molecule has 2 unspecified atom stereocenters. The summed E-state index contributed by atoms with van der Waals surface area (Å²) < 4.78 is 5.55. The van der Waals surface area contributed by atoms with Gasteiger partial charge in [0, 0.05) is 19.1 Å². The first-order chi connectivity index (χ1) is 8.58. The SMILES string of the molecule is CC(c1ccccc1)N1CC(C(N)=O)O[C@H](C)C1. The van der Waals surface area contributed by atoms with Gasteiger partial charge in [0.15, 0.2) is 0 Å². The molecule has 98 valence electrons. The van der Waals surface area contributed by atoms with E-state index in [1.165, 1.54) is 5.56 Å². The second-order valence-electron chi connectivity index (χ2n) is 4.88. The van der Waals surface area contributed by atoms with Crippen molar-refractivity contribution < 1.29 is 9.53 Å². The summed E-state index contributed by atoms with van der Waals surface area (Å²) in [5.41, 5.74) is 6.59. The second-order valence-corrected chi connectivity index (χ2v) is 4.88. The molecule has 0 bridgehead atoms. The summed E-state index contributed by atoms with van der Waals surface area (Å²) in [7, 11) is 0. The average Bonchev–Trinajstić information content (AvgIpc) is 2.38. The van der Waals surface area contributed by atoms with Crippen molar-refractivity contribution in [2.75, 3.05) is 13.1 Å². The van der Waals surface area contributed by atoms with Crippen molar-refractivity contribution in [2.24, 2.45) is 5.73 Å². The molecular weight excluding hydrogens is 228 g/mol. The summed E-state index contributed by atoms with van der Waals surface area (Å²) in [6, 6.07) is 10.5. The van der Waals surface area contributed by atoms with E-state index in [2.05, 4.69) is 24.0 Å². The van der Waals surface area contributed by atoms with Crippen molar-refractivity contribution in [1.29, 1.82) is 0 Å². The van der Waals surface area contributed by atoms with E-state index < -0.39 is 6.10 Å². The molecule has 0 saturated carbocycles. The maximum atomic E-state index is 11.3. The van der Waals surface area contributed by atoms with Crippen molar-refractivity contribution >= 4 is 5.91 Å². The third-order valence-electron chi connectivity index (χ3n) is 3.44. The number of benzene rings is 1. The van der Waals surface area contributed by atoms with Crippen molar-refractivity contribution in [2.45, 2.75) is 32.1 Å². The fourth-order valence-electron chi connectivity index (χ4n) is 2.40. The number of ether oxygens (including phenoxy) is 1. The zero-order valence-electron chi connectivity index (χ0n) is 10.9. The monoisotopic (exact) mass is 248 g/mol. The molecule has 2 N–H and O–H groups in total. The van der Waals surface area contributed by atoms with E-state index in [0.717, 1.165) is 6.54 Å². The predicted octanol–water partition coefficient (Wildman–Crippen LogP) is 1.32. The first-order valence-corrected chi connectivity index (χ1v) is 6.31. The third kappa shape index (κ3) is 2.89. The van der Waals surface area contributed by atoms with Gasteiger partial charge in [0.1, 0.15) is 6.10 Å². The molecular formula is C14H20N2O2. The Balaban J connectivity index is 2.10. The lowest BCUT2D eigenvalue weighted by atomic mass is 10.0. The van der Waals surface area contributed by atoms with Gasteiger partial charge in [-0.05, 0) is 19.4 Å². The summed E-state index contributed by atoms with van der Waals surface area (Å²) in [6.07, 6.45) is -0.470. The van der Waals surface area contributed by atoms with Crippen LogP contribution in [0.25, 0.3) is 0 Å². The quantitative estimate of drug-likeness (QED) is 0.877. The van der Waals surface area contributed by atoms with Crippen LogP contribution in [-0.4, -0.2) is 36.1 Å². The van der Waals surface area contributed by atoms with E-state index in [9.17, 15) is 4.79 Å². The molecule has 1 aliphatic heterocycles. The van der Waals surface area contributed by atoms with Crippen LogP contribution in [0.3, 0.4) is 0 Å². The molecule has 0 radical (unpaired) electrons. The molecule has 1 heterocycles. The third-order valence-corrected chi connectivity index (χ3v) is 3.44. The molecule has 1 amide bonds. The van der Waals surface area contributed by atoms with E-state index in [1.807, 2.05) is 25.1 Å². The number of nitrogens with two attached hydrogens (primary N) is 1. The standard InChI is InChI=1S/C14H20N2O2/c1-10-8-16(9-13(18-10)14(15)17)11(2)12-6-4-3-5-7-12/h3-7,10-11,13H,8-9H2,1-2H3,(H2,15,17)/t10-,11?,13?/m1/s1. The molecule has 0 aromatic heterocycles. The Morgan fingerprint density at radius 3 is 2.67 bits per heavy atom. The van der Waals surface area contributed by atoms with Gasteiger partial charge in [0.05, 0.1) is 6.10 Å². The number of rotatable bonds is 3. The Bertz CT molecular complexity index is 408. The number of hydrogen-bond donors (Lipinski definition) is 1. The lowest BCUT2D eigenvalue weighted by Gasteiger charge is -2.39. The molecule has 3 atom stereocenters. The number of morpholine rings is 1. The fraction of sp³-hybridized carbons (Fsp3) is 0.500. The van der Waals surface area contributed by atoms with Gasteiger partial charge in [-0.2, -0.15) is 0 Å². The maximum absolute atomic E-state index is 11.3. The number of carbonyl (C=O) groups is 1. The topological polar surface area (TPSA) is 55.6 Å². The number of nitrogens with zero attached hydrogens (tertiary/aromatic N) is 1. The van der Waals surface area contributed by atoms with Gasteiger partial charge in [-0.15, -0.1) is 0 Å². The number of primary amides is 1. The molecule has 18 heavy (non-hydrogen) atoms. The molecule has 1 aromatic rings. The highest BCUT2D eigenvalue weighted by atomic mass is 16.5. The van der Waals surface area contributed by atoms with Crippen LogP contribution in [0.2, 0.25) is 0 Å². The lowest BCUT2D eigenvalue weighted by molar-refractivity contribution is -0.144. The Kier molecular flexibility index (Phi) is 3.99. The fourth-order valence-corrected chi connectivity index (χ4v) is 2.40. The van der Waals surface area contributed by atoms with Gasteiger partial charge in [-0.1, -0.05) is 30.3 Å². The molecule has 4 heteroatoms. The Labute approximate surface area is 108 Å². The van der Waals surface area contributed by atoms with Crippen LogP contribution in [0.5, 0.6) is 0 Å². The molecule has 1 fully saturated rings. The molecule has 2 rings (SSSR count). The van der Waals surface area contributed by atoms with Gasteiger partial charge in [-0.25, -0.2) is 0 Å². The van der Waals surface area contributed by atoms with Crippen LogP contribution < -0.4 is 5.73 Å². The minimum Gasteiger partial charge on any atom is -0.367 e. The van der Waals surface area contributed by atoms with Gasteiger partial charge < -0.3 is 10.5 Å². The van der Waals surface area contributed by atoms with Crippen LogP contribution in [0.4, 0.5) is 0 Å². The number of hydrogen-bond acceptors (Lipinski definition) is 3. The largest absolute Gasteiger partial charge is 0.367 e. The van der Waals surface area contributed by atoms with Crippen LogP contribution in [-0.2, 0) is 9.53 Å². The average molecular weight is 248 g/mol. The first-order valence-electron chi connectivity index (χ1n) is 6.31. The van der Waals surface area contributed by atoms with Crippen LogP contribution in [0, 0.1) is 0 Å². The van der Waals surface area contributed by atoms with Gasteiger partial charge in [0.2, 0.25) is 5.91 Å². The van der Waals surface area contributed by atoms with E-state index in [1.54, 1.807) is 0 Å². The summed E-state index contributed by atoms with van der Waals surface area (Å²) in [5.74, 6) is -0.383.